The van der Waals surface area contributed by atoms with Crippen LogP contribution < -0.4 is 5.32 Å². The van der Waals surface area contributed by atoms with Gasteiger partial charge in [0, 0.05) is 12.5 Å². The molecular formula is C11H18FNO4. The number of aliphatic carboxylic acids is 1. The molecule has 1 fully saturated rings. The fourth-order valence-electron chi connectivity index (χ4n) is 1.92. The molecule has 0 aromatic carbocycles. The molecule has 2 N–H and O–H groups in total. The van der Waals surface area contributed by atoms with Crippen molar-refractivity contribution in [3.05, 3.63) is 0 Å². The van der Waals surface area contributed by atoms with E-state index in [4.69, 9.17) is 9.84 Å². The number of rotatable bonds is 6. The van der Waals surface area contributed by atoms with Crippen LogP contribution >= 0.6 is 0 Å². The Hall–Kier alpha value is -1.17. The molecule has 1 aliphatic rings. The van der Waals surface area contributed by atoms with Gasteiger partial charge in [-0.1, -0.05) is 0 Å². The molecule has 2 unspecified atom stereocenters. The largest absolute Gasteiger partial charge is 0.480 e. The Bertz CT molecular complexity index is 272. The van der Waals surface area contributed by atoms with E-state index >= 15 is 0 Å². The Kier molecular flexibility index (Phi) is 5.90. The lowest BCUT2D eigenvalue weighted by Gasteiger charge is -2.23. The number of carboxylic acids is 1. The van der Waals surface area contributed by atoms with E-state index in [2.05, 4.69) is 5.32 Å². The summed E-state index contributed by atoms with van der Waals surface area (Å²) >= 11 is 0. The van der Waals surface area contributed by atoms with Crippen LogP contribution in [0.1, 0.15) is 25.7 Å². The van der Waals surface area contributed by atoms with Crippen LogP contribution in [0.15, 0.2) is 0 Å². The van der Waals surface area contributed by atoms with Crippen molar-refractivity contribution >= 4 is 11.9 Å². The molecule has 1 rings (SSSR count). The number of halogens is 1. The highest BCUT2D eigenvalue weighted by Crippen LogP contribution is 2.26. The molecule has 5 nitrogen and oxygen atoms in total. The van der Waals surface area contributed by atoms with Crippen LogP contribution in [0.5, 0.6) is 0 Å². The van der Waals surface area contributed by atoms with E-state index in [1.807, 2.05) is 0 Å². The van der Waals surface area contributed by atoms with E-state index in [0.29, 0.717) is 12.8 Å². The summed E-state index contributed by atoms with van der Waals surface area (Å²) in [5.74, 6) is -1.45. The monoisotopic (exact) mass is 247 g/mol. The van der Waals surface area contributed by atoms with E-state index in [0.717, 1.165) is 12.8 Å². The average molecular weight is 247 g/mol. The molecule has 0 bridgehead atoms. The van der Waals surface area contributed by atoms with E-state index in [1.165, 1.54) is 0 Å². The molecule has 6 heteroatoms. The van der Waals surface area contributed by atoms with Crippen LogP contribution in [-0.4, -0.2) is 42.9 Å². The molecule has 1 amide bonds. The van der Waals surface area contributed by atoms with Gasteiger partial charge in [0.25, 0.3) is 0 Å². The number of nitrogens with one attached hydrogen (secondary N) is 1. The first-order valence-electron chi connectivity index (χ1n) is 5.81. The maximum absolute atomic E-state index is 13.1. The van der Waals surface area contributed by atoms with Gasteiger partial charge in [0.05, 0.1) is 6.61 Å². The predicted molar refractivity (Wildman–Crippen MR) is 58.3 cm³/mol. The smallest absolute Gasteiger partial charge is 0.329 e. The zero-order valence-electron chi connectivity index (χ0n) is 9.65. The Morgan fingerprint density at radius 3 is 2.82 bits per heavy atom. The SMILES string of the molecule is O=C(O)COCCNC(=O)C1CCCC(F)C1. The molecule has 1 aliphatic carbocycles. The summed E-state index contributed by atoms with van der Waals surface area (Å²) in [5.41, 5.74) is 0. The second-order valence-corrected chi connectivity index (χ2v) is 4.20. The van der Waals surface area contributed by atoms with Crippen molar-refractivity contribution in [3.8, 4) is 0 Å². The Labute approximate surface area is 99.3 Å². The third-order valence-electron chi connectivity index (χ3n) is 2.75. The van der Waals surface area contributed by atoms with Crippen LogP contribution in [0.25, 0.3) is 0 Å². The van der Waals surface area contributed by atoms with Gasteiger partial charge in [-0.05, 0) is 25.7 Å². The number of alkyl halides is 1. The number of carbonyl (C=O) groups excluding carboxylic acids is 1. The van der Waals surface area contributed by atoms with Gasteiger partial charge in [0.15, 0.2) is 0 Å². The molecule has 0 heterocycles. The number of carbonyl (C=O) groups is 2. The first-order chi connectivity index (χ1) is 8.09. The van der Waals surface area contributed by atoms with Crippen molar-refractivity contribution in [1.82, 2.24) is 5.32 Å². The minimum atomic E-state index is -1.04. The molecule has 2 atom stereocenters. The van der Waals surface area contributed by atoms with Crippen molar-refractivity contribution in [2.75, 3.05) is 19.8 Å². The molecule has 0 aromatic rings. The van der Waals surface area contributed by atoms with E-state index < -0.39 is 12.1 Å². The molecule has 0 radical (unpaired) electrons. The zero-order valence-corrected chi connectivity index (χ0v) is 9.65. The summed E-state index contributed by atoms with van der Waals surface area (Å²) < 4.78 is 17.8. The Balaban J connectivity index is 2.10. The van der Waals surface area contributed by atoms with Crippen LogP contribution in [0.3, 0.4) is 0 Å². The Morgan fingerprint density at radius 2 is 2.18 bits per heavy atom. The van der Waals surface area contributed by atoms with E-state index in [-0.39, 0.29) is 31.6 Å². The van der Waals surface area contributed by atoms with E-state index in [1.54, 1.807) is 0 Å². The molecule has 0 aromatic heterocycles. The van der Waals surface area contributed by atoms with Gasteiger partial charge in [0.2, 0.25) is 5.91 Å². The van der Waals surface area contributed by atoms with Crippen molar-refractivity contribution in [2.24, 2.45) is 5.92 Å². The maximum atomic E-state index is 13.1. The lowest BCUT2D eigenvalue weighted by atomic mass is 9.87. The number of carboxylic acid groups (broad SMARTS) is 1. The number of hydrogen-bond acceptors (Lipinski definition) is 3. The fourth-order valence-corrected chi connectivity index (χ4v) is 1.92. The van der Waals surface area contributed by atoms with E-state index in [9.17, 15) is 14.0 Å². The van der Waals surface area contributed by atoms with Crippen LogP contribution in [0.4, 0.5) is 4.39 Å². The quantitative estimate of drug-likeness (QED) is 0.678. The molecule has 98 valence electrons. The first-order valence-corrected chi connectivity index (χ1v) is 5.81. The van der Waals surface area contributed by atoms with Gasteiger partial charge in [-0.15, -0.1) is 0 Å². The van der Waals surface area contributed by atoms with Crippen molar-refractivity contribution in [1.29, 1.82) is 0 Å². The fraction of sp³-hybridized carbons (Fsp3) is 0.818. The third-order valence-corrected chi connectivity index (χ3v) is 2.75. The molecule has 1 saturated carbocycles. The highest BCUT2D eigenvalue weighted by atomic mass is 19.1. The van der Waals surface area contributed by atoms with Gasteiger partial charge >= 0.3 is 5.97 Å². The van der Waals surface area contributed by atoms with Gasteiger partial charge in [0.1, 0.15) is 12.8 Å². The Morgan fingerprint density at radius 1 is 1.41 bits per heavy atom. The minimum Gasteiger partial charge on any atom is -0.480 e. The van der Waals surface area contributed by atoms with Crippen LogP contribution in [0.2, 0.25) is 0 Å². The minimum absolute atomic E-state index is 0.157. The molecular weight excluding hydrogens is 229 g/mol. The summed E-state index contributed by atoms with van der Waals surface area (Å²) in [4.78, 5) is 21.7. The standard InChI is InChI=1S/C11H18FNO4/c12-9-3-1-2-8(6-9)11(16)13-4-5-17-7-10(14)15/h8-9H,1-7H2,(H,13,16)(H,14,15). The summed E-state index contributed by atoms with van der Waals surface area (Å²) in [6.07, 6.45) is 1.44. The molecule has 0 spiro atoms. The second kappa shape index (κ2) is 7.21. The number of hydrogen-bond donors (Lipinski definition) is 2. The molecule has 0 aliphatic heterocycles. The normalized spacial score (nSPS) is 24.3. The highest BCUT2D eigenvalue weighted by molar-refractivity contribution is 5.78. The third kappa shape index (κ3) is 5.63. The lowest BCUT2D eigenvalue weighted by molar-refractivity contribution is -0.142. The van der Waals surface area contributed by atoms with Gasteiger partial charge < -0.3 is 15.2 Å². The second-order valence-electron chi connectivity index (χ2n) is 4.20. The maximum Gasteiger partial charge on any atom is 0.329 e. The molecule has 0 saturated heterocycles. The molecule has 17 heavy (non-hydrogen) atoms. The zero-order chi connectivity index (χ0) is 12.7. The average Bonchev–Trinajstić information content (AvgIpc) is 2.28. The van der Waals surface area contributed by atoms with Crippen LogP contribution in [0, 0.1) is 5.92 Å². The van der Waals surface area contributed by atoms with Gasteiger partial charge in [-0.25, -0.2) is 9.18 Å². The van der Waals surface area contributed by atoms with Crippen molar-refractivity contribution < 1.29 is 23.8 Å². The van der Waals surface area contributed by atoms with Gasteiger partial charge in [-0.2, -0.15) is 0 Å². The summed E-state index contributed by atoms with van der Waals surface area (Å²) in [6.45, 7) is 0.0508. The summed E-state index contributed by atoms with van der Waals surface area (Å²) in [6, 6.07) is 0. The first kappa shape index (κ1) is 13.9. The summed E-state index contributed by atoms with van der Waals surface area (Å²) in [5, 5.41) is 10.9. The predicted octanol–water partition coefficient (Wildman–Crippen LogP) is 0.732. The number of ether oxygens (including phenoxy) is 1. The topological polar surface area (TPSA) is 75.6 Å². The van der Waals surface area contributed by atoms with Crippen molar-refractivity contribution in [3.63, 3.8) is 0 Å². The lowest BCUT2D eigenvalue weighted by Crippen LogP contribution is -2.36. The van der Waals surface area contributed by atoms with Crippen LogP contribution in [-0.2, 0) is 14.3 Å². The number of amides is 1. The highest BCUT2D eigenvalue weighted by Gasteiger charge is 2.26. The van der Waals surface area contributed by atoms with Crippen molar-refractivity contribution in [2.45, 2.75) is 31.9 Å². The summed E-state index contributed by atoms with van der Waals surface area (Å²) in [7, 11) is 0. The van der Waals surface area contributed by atoms with Gasteiger partial charge in [-0.3, -0.25) is 4.79 Å².